The molecule has 0 radical (unpaired) electrons. The summed E-state index contributed by atoms with van der Waals surface area (Å²) in [5, 5.41) is 7.84. The van der Waals surface area contributed by atoms with Gasteiger partial charge in [-0.25, -0.2) is 4.68 Å². The molecule has 1 saturated carbocycles. The standard InChI is InChI=1S/C16H17ClIN3O2/c1-9-7-19-21(8-10-3-4-10)15(9)20-16(22)11-5-12(17)13(18)6-14(11)23-2/h5-7,10H,3-4,8H2,1-2H3,(H,20,22). The predicted octanol–water partition coefficient (Wildman–Crippen LogP) is 4.12. The number of ether oxygens (including phenoxy) is 1. The zero-order chi connectivity index (χ0) is 16.6. The predicted molar refractivity (Wildman–Crippen MR) is 98.4 cm³/mol. The van der Waals surface area contributed by atoms with Crippen LogP contribution in [0.3, 0.4) is 0 Å². The van der Waals surface area contributed by atoms with Gasteiger partial charge in [-0.15, -0.1) is 0 Å². The molecule has 122 valence electrons. The molecule has 0 bridgehead atoms. The van der Waals surface area contributed by atoms with E-state index in [0.29, 0.717) is 22.3 Å². The number of hydrogen-bond acceptors (Lipinski definition) is 3. The summed E-state index contributed by atoms with van der Waals surface area (Å²) < 4.78 is 8.02. The third-order valence-corrected chi connectivity index (χ3v) is 5.39. The number of rotatable bonds is 5. The van der Waals surface area contributed by atoms with E-state index < -0.39 is 0 Å². The number of nitrogens with one attached hydrogen (secondary N) is 1. The molecule has 1 N–H and O–H groups in total. The van der Waals surface area contributed by atoms with Crippen LogP contribution in [-0.2, 0) is 6.54 Å². The van der Waals surface area contributed by atoms with Gasteiger partial charge in [-0.1, -0.05) is 11.6 Å². The number of carbonyl (C=O) groups is 1. The Morgan fingerprint density at radius 3 is 2.91 bits per heavy atom. The van der Waals surface area contributed by atoms with Gasteiger partial charge in [0.05, 0.1) is 23.9 Å². The Morgan fingerprint density at radius 1 is 1.52 bits per heavy atom. The van der Waals surface area contributed by atoms with E-state index >= 15 is 0 Å². The van der Waals surface area contributed by atoms with Crippen LogP contribution < -0.4 is 10.1 Å². The second kappa shape index (κ2) is 6.68. The summed E-state index contributed by atoms with van der Waals surface area (Å²) in [6.07, 6.45) is 4.23. The summed E-state index contributed by atoms with van der Waals surface area (Å²) >= 11 is 8.26. The van der Waals surface area contributed by atoms with Crippen molar-refractivity contribution in [3.63, 3.8) is 0 Å². The molecule has 0 spiro atoms. The van der Waals surface area contributed by atoms with Crippen molar-refractivity contribution in [1.29, 1.82) is 0 Å². The Labute approximate surface area is 153 Å². The summed E-state index contributed by atoms with van der Waals surface area (Å²) in [4.78, 5) is 12.7. The van der Waals surface area contributed by atoms with Crippen molar-refractivity contribution in [2.24, 2.45) is 5.92 Å². The second-order valence-electron chi connectivity index (χ2n) is 5.72. The van der Waals surface area contributed by atoms with Crippen molar-refractivity contribution in [1.82, 2.24) is 9.78 Å². The summed E-state index contributed by atoms with van der Waals surface area (Å²) in [5.74, 6) is 1.66. The van der Waals surface area contributed by atoms with Crippen LogP contribution in [0.15, 0.2) is 18.3 Å². The van der Waals surface area contributed by atoms with Gasteiger partial charge in [0.1, 0.15) is 11.6 Å². The highest BCUT2D eigenvalue weighted by atomic mass is 127. The highest BCUT2D eigenvalue weighted by Crippen LogP contribution is 2.32. The van der Waals surface area contributed by atoms with Gasteiger partial charge in [-0.2, -0.15) is 5.10 Å². The third-order valence-electron chi connectivity index (χ3n) is 3.87. The minimum atomic E-state index is -0.249. The smallest absolute Gasteiger partial charge is 0.260 e. The lowest BCUT2D eigenvalue weighted by atomic mass is 10.2. The minimum Gasteiger partial charge on any atom is -0.496 e. The van der Waals surface area contributed by atoms with Gasteiger partial charge < -0.3 is 10.1 Å². The van der Waals surface area contributed by atoms with E-state index in [9.17, 15) is 4.79 Å². The molecule has 3 rings (SSSR count). The number of methoxy groups -OCH3 is 1. The van der Waals surface area contributed by atoms with Crippen molar-refractivity contribution >= 4 is 45.9 Å². The number of aromatic nitrogens is 2. The lowest BCUT2D eigenvalue weighted by Crippen LogP contribution is -2.18. The first-order chi connectivity index (χ1) is 11.0. The molecule has 1 aliphatic rings. The topological polar surface area (TPSA) is 56.1 Å². The van der Waals surface area contributed by atoms with E-state index in [1.807, 2.05) is 11.6 Å². The summed E-state index contributed by atoms with van der Waals surface area (Å²) in [5.41, 5.74) is 1.35. The fourth-order valence-electron chi connectivity index (χ4n) is 2.38. The van der Waals surface area contributed by atoms with Crippen LogP contribution in [-0.4, -0.2) is 22.8 Å². The van der Waals surface area contributed by atoms with Gasteiger partial charge >= 0.3 is 0 Å². The number of halogens is 2. The Balaban J connectivity index is 1.87. The van der Waals surface area contributed by atoms with Crippen molar-refractivity contribution in [2.45, 2.75) is 26.3 Å². The summed E-state index contributed by atoms with van der Waals surface area (Å²) in [6.45, 7) is 2.78. The number of benzene rings is 1. The van der Waals surface area contributed by atoms with Crippen molar-refractivity contribution in [3.05, 3.63) is 38.0 Å². The van der Waals surface area contributed by atoms with Crippen LogP contribution in [0.5, 0.6) is 5.75 Å². The van der Waals surface area contributed by atoms with Gasteiger partial charge in [0, 0.05) is 15.7 Å². The van der Waals surface area contributed by atoms with E-state index in [-0.39, 0.29) is 5.91 Å². The van der Waals surface area contributed by atoms with Gasteiger partial charge in [-0.05, 0) is 60.4 Å². The van der Waals surface area contributed by atoms with Gasteiger partial charge in [0.2, 0.25) is 0 Å². The number of nitrogens with zero attached hydrogens (tertiary/aromatic N) is 2. The average Bonchev–Trinajstić information content (AvgIpc) is 3.28. The maximum absolute atomic E-state index is 12.7. The molecule has 1 aliphatic carbocycles. The SMILES string of the molecule is COc1cc(I)c(Cl)cc1C(=O)Nc1c(C)cnn1CC1CC1. The maximum atomic E-state index is 12.7. The van der Waals surface area contributed by atoms with Crippen LogP contribution in [0.1, 0.15) is 28.8 Å². The van der Waals surface area contributed by atoms with Crippen LogP contribution in [0.2, 0.25) is 5.02 Å². The average molecular weight is 446 g/mol. The second-order valence-corrected chi connectivity index (χ2v) is 7.29. The van der Waals surface area contributed by atoms with E-state index in [1.54, 1.807) is 25.4 Å². The largest absolute Gasteiger partial charge is 0.496 e. The monoisotopic (exact) mass is 445 g/mol. The Hall–Kier alpha value is -1.28. The van der Waals surface area contributed by atoms with E-state index in [1.165, 1.54) is 12.8 Å². The lowest BCUT2D eigenvalue weighted by molar-refractivity contribution is 0.102. The van der Waals surface area contributed by atoms with E-state index in [2.05, 4.69) is 33.0 Å². The van der Waals surface area contributed by atoms with Gasteiger partial charge in [-0.3, -0.25) is 4.79 Å². The number of hydrogen-bond donors (Lipinski definition) is 1. The molecule has 1 fully saturated rings. The van der Waals surface area contributed by atoms with Crippen molar-refractivity contribution in [2.75, 3.05) is 12.4 Å². The molecule has 1 aromatic carbocycles. The molecule has 1 amide bonds. The first kappa shape index (κ1) is 16.6. The fourth-order valence-corrected chi connectivity index (χ4v) is 2.98. The fraction of sp³-hybridized carbons (Fsp3) is 0.375. The van der Waals surface area contributed by atoms with Crippen LogP contribution >= 0.6 is 34.2 Å². The highest BCUT2D eigenvalue weighted by Gasteiger charge is 2.24. The lowest BCUT2D eigenvalue weighted by Gasteiger charge is -2.13. The van der Waals surface area contributed by atoms with Gasteiger partial charge in [0.15, 0.2) is 0 Å². The molecule has 2 aromatic rings. The molecular weight excluding hydrogens is 429 g/mol. The zero-order valence-electron chi connectivity index (χ0n) is 12.9. The Bertz CT molecular complexity index is 756. The quantitative estimate of drug-likeness (QED) is 0.705. The Morgan fingerprint density at radius 2 is 2.26 bits per heavy atom. The first-order valence-electron chi connectivity index (χ1n) is 7.36. The van der Waals surface area contributed by atoms with Crippen LogP contribution in [0.25, 0.3) is 0 Å². The molecule has 0 atom stereocenters. The number of amides is 1. The van der Waals surface area contributed by atoms with Crippen molar-refractivity contribution in [3.8, 4) is 5.75 Å². The highest BCUT2D eigenvalue weighted by molar-refractivity contribution is 14.1. The maximum Gasteiger partial charge on any atom is 0.260 e. The summed E-state index contributed by atoms with van der Waals surface area (Å²) in [7, 11) is 1.54. The van der Waals surface area contributed by atoms with Crippen LogP contribution in [0, 0.1) is 16.4 Å². The molecular formula is C16H17ClIN3O2. The molecule has 0 unspecified atom stereocenters. The van der Waals surface area contributed by atoms with E-state index in [4.69, 9.17) is 16.3 Å². The first-order valence-corrected chi connectivity index (χ1v) is 8.82. The summed E-state index contributed by atoms with van der Waals surface area (Å²) in [6, 6.07) is 3.39. The number of carbonyl (C=O) groups excluding carboxylic acids is 1. The molecule has 7 heteroatoms. The minimum absolute atomic E-state index is 0.249. The Kier molecular flexibility index (Phi) is 4.82. The third kappa shape index (κ3) is 3.63. The van der Waals surface area contributed by atoms with E-state index in [0.717, 1.165) is 21.5 Å². The normalized spacial score (nSPS) is 13.9. The molecule has 0 aliphatic heterocycles. The molecule has 5 nitrogen and oxygen atoms in total. The molecule has 1 aromatic heterocycles. The number of anilines is 1. The molecule has 0 saturated heterocycles. The number of aryl methyl sites for hydroxylation is 1. The van der Waals surface area contributed by atoms with Crippen LogP contribution in [0.4, 0.5) is 5.82 Å². The molecule has 23 heavy (non-hydrogen) atoms. The van der Waals surface area contributed by atoms with Gasteiger partial charge in [0.25, 0.3) is 5.91 Å². The van der Waals surface area contributed by atoms with Crippen molar-refractivity contribution < 1.29 is 9.53 Å². The zero-order valence-corrected chi connectivity index (χ0v) is 15.8. The molecule has 1 heterocycles.